The zero-order valence-corrected chi connectivity index (χ0v) is 19.2. The summed E-state index contributed by atoms with van der Waals surface area (Å²) in [6.07, 6.45) is 4.82. The number of pyridine rings is 1. The third-order valence-electron chi connectivity index (χ3n) is 6.60. The lowest BCUT2D eigenvalue weighted by Crippen LogP contribution is -2.27. The number of hydrogen-bond donors (Lipinski definition) is 2. The number of imidazole rings is 1. The minimum atomic E-state index is -3.06. The summed E-state index contributed by atoms with van der Waals surface area (Å²) < 4.78 is 48.0. The SMILES string of the molecule is CC(C)(O)c1ncc(-c2cn3c4c(nc3cc2F)[C@H]2C[C@@H]4c3c(OC(F)F)cccc3C(=O)N2)cn1. The van der Waals surface area contributed by atoms with Crippen LogP contribution in [-0.2, 0) is 5.60 Å². The summed E-state index contributed by atoms with van der Waals surface area (Å²) in [6.45, 7) is 0.0357. The van der Waals surface area contributed by atoms with E-state index in [1.807, 2.05) is 0 Å². The molecule has 0 unspecified atom stereocenters. The third kappa shape index (κ3) is 3.41. The maximum Gasteiger partial charge on any atom is 0.387 e. The predicted octanol–water partition coefficient (Wildman–Crippen LogP) is 4.08. The van der Waals surface area contributed by atoms with Gasteiger partial charge in [0.2, 0.25) is 0 Å². The van der Waals surface area contributed by atoms with Gasteiger partial charge in [-0.15, -0.1) is 0 Å². The first-order valence-corrected chi connectivity index (χ1v) is 11.3. The number of benzene rings is 1. The number of hydrogen-bond acceptors (Lipinski definition) is 6. The number of aliphatic hydroxyl groups is 1. The second-order valence-electron chi connectivity index (χ2n) is 9.41. The number of carbonyl (C=O) groups is 1. The van der Waals surface area contributed by atoms with Crippen LogP contribution < -0.4 is 10.1 Å². The molecular formula is C25H20F3N5O3. The van der Waals surface area contributed by atoms with Crippen molar-refractivity contribution >= 4 is 11.6 Å². The van der Waals surface area contributed by atoms with Crippen molar-refractivity contribution in [3.63, 3.8) is 0 Å². The Bertz CT molecular complexity index is 1530. The molecule has 0 fully saturated rings. The number of ether oxygens (including phenoxy) is 1. The van der Waals surface area contributed by atoms with Crippen LogP contribution in [0.5, 0.6) is 5.75 Å². The van der Waals surface area contributed by atoms with Crippen LogP contribution in [0.15, 0.2) is 42.9 Å². The summed E-state index contributed by atoms with van der Waals surface area (Å²) in [4.78, 5) is 25.8. The maximum atomic E-state index is 15.2. The van der Waals surface area contributed by atoms with Gasteiger partial charge in [-0.25, -0.2) is 19.3 Å². The van der Waals surface area contributed by atoms with Crippen molar-refractivity contribution in [2.75, 3.05) is 0 Å². The van der Waals surface area contributed by atoms with Crippen LogP contribution in [0, 0.1) is 5.82 Å². The fraction of sp³-hybridized carbons (Fsp3) is 0.280. The summed E-state index contributed by atoms with van der Waals surface area (Å²) in [5.41, 5.74) is 1.46. The second-order valence-corrected chi connectivity index (χ2v) is 9.41. The number of nitrogens with zero attached hydrogens (tertiary/aromatic N) is 4. The molecule has 1 aliphatic heterocycles. The number of amides is 1. The number of rotatable bonds is 4. The minimum Gasteiger partial charge on any atom is -0.434 e. The predicted molar refractivity (Wildman–Crippen MR) is 121 cm³/mol. The molecule has 8 nitrogen and oxygen atoms in total. The van der Waals surface area contributed by atoms with Gasteiger partial charge in [-0.1, -0.05) is 6.07 Å². The van der Waals surface area contributed by atoms with Crippen molar-refractivity contribution in [1.29, 1.82) is 0 Å². The highest BCUT2D eigenvalue weighted by Gasteiger charge is 2.43. The Kier molecular flexibility index (Phi) is 4.84. The van der Waals surface area contributed by atoms with Gasteiger partial charge in [0.1, 0.15) is 22.8 Å². The van der Waals surface area contributed by atoms with E-state index in [-0.39, 0.29) is 22.7 Å². The summed E-state index contributed by atoms with van der Waals surface area (Å²) in [5.74, 6) is -1.34. The van der Waals surface area contributed by atoms with Gasteiger partial charge in [-0.05, 0) is 32.4 Å². The normalized spacial score (nSPS) is 18.7. The van der Waals surface area contributed by atoms with Crippen molar-refractivity contribution in [3.05, 3.63) is 77.0 Å². The van der Waals surface area contributed by atoms with Crippen LogP contribution in [-0.4, -0.2) is 37.0 Å². The molecule has 2 N–H and O–H groups in total. The van der Waals surface area contributed by atoms with Crippen LogP contribution in [0.25, 0.3) is 16.8 Å². The quantitative estimate of drug-likeness (QED) is 0.443. The average molecular weight is 495 g/mol. The lowest BCUT2D eigenvalue weighted by atomic mass is 9.91. The molecule has 184 valence electrons. The van der Waals surface area contributed by atoms with E-state index in [0.717, 1.165) is 0 Å². The van der Waals surface area contributed by atoms with E-state index in [9.17, 15) is 18.7 Å². The molecule has 0 spiro atoms. The van der Waals surface area contributed by atoms with Crippen LogP contribution >= 0.6 is 0 Å². The number of fused-ring (bicyclic) bond motifs is 9. The first kappa shape index (κ1) is 22.5. The molecule has 11 heteroatoms. The summed E-state index contributed by atoms with van der Waals surface area (Å²) in [5, 5.41) is 13.0. The van der Waals surface area contributed by atoms with Crippen molar-refractivity contribution in [2.24, 2.45) is 0 Å². The van der Waals surface area contributed by atoms with Gasteiger partial charge in [0, 0.05) is 52.8 Å². The van der Waals surface area contributed by atoms with Crippen molar-refractivity contribution < 1.29 is 27.8 Å². The number of halogens is 3. The van der Waals surface area contributed by atoms with Crippen molar-refractivity contribution in [1.82, 2.24) is 24.7 Å². The second kappa shape index (κ2) is 7.76. The number of alkyl halides is 2. The molecule has 3 aromatic heterocycles. The molecule has 36 heavy (non-hydrogen) atoms. The third-order valence-corrected chi connectivity index (χ3v) is 6.60. The molecule has 1 aromatic carbocycles. The van der Waals surface area contributed by atoms with E-state index in [0.29, 0.717) is 34.6 Å². The Morgan fingerprint density at radius 1 is 1.22 bits per heavy atom. The van der Waals surface area contributed by atoms with E-state index in [1.54, 1.807) is 30.5 Å². The Hall–Kier alpha value is -3.99. The minimum absolute atomic E-state index is 0.0796. The fourth-order valence-corrected chi connectivity index (χ4v) is 5.08. The molecule has 2 atom stereocenters. The molecule has 1 amide bonds. The number of aromatic nitrogens is 4. The Morgan fingerprint density at radius 3 is 2.67 bits per heavy atom. The summed E-state index contributed by atoms with van der Waals surface area (Å²) in [6, 6.07) is 5.28. The van der Waals surface area contributed by atoms with Crippen molar-refractivity contribution in [2.45, 2.75) is 44.4 Å². The topological polar surface area (TPSA) is 102 Å². The highest BCUT2D eigenvalue weighted by molar-refractivity contribution is 5.98. The van der Waals surface area contributed by atoms with E-state index in [1.165, 1.54) is 30.6 Å². The van der Waals surface area contributed by atoms with Gasteiger partial charge >= 0.3 is 6.61 Å². The van der Waals surface area contributed by atoms with Gasteiger partial charge in [0.25, 0.3) is 5.91 Å². The monoisotopic (exact) mass is 495 g/mol. The maximum absolute atomic E-state index is 15.2. The lowest BCUT2D eigenvalue weighted by Gasteiger charge is -2.19. The zero-order chi connectivity index (χ0) is 25.4. The Morgan fingerprint density at radius 2 is 1.97 bits per heavy atom. The highest BCUT2D eigenvalue weighted by Crippen LogP contribution is 2.50. The van der Waals surface area contributed by atoms with Gasteiger partial charge in [0.05, 0.1) is 17.4 Å². The molecule has 4 heterocycles. The molecule has 6 rings (SSSR count). The zero-order valence-electron chi connectivity index (χ0n) is 19.2. The number of carbonyl (C=O) groups excluding carboxylic acids is 1. The Labute approximate surface area is 202 Å². The largest absolute Gasteiger partial charge is 0.434 e. The molecule has 0 saturated carbocycles. The average Bonchev–Trinajstić information content (AvgIpc) is 3.29. The summed E-state index contributed by atoms with van der Waals surface area (Å²) >= 11 is 0. The molecular weight excluding hydrogens is 475 g/mol. The molecule has 0 saturated heterocycles. The molecule has 4 aromatic rings. The van der Waals surface area contributed by atoms with Crippen LogP contribution in [0.4, 0.5) is 13.2 Å². The lowest BCUT2D eigenvalue weighted by molar-refractivity contribution is -0.0506. The van der Waals surface area contributed by atoms with E-state index in [2.05, 4.69) is 20.3 Å². The summed E-state index contributed by atoms with van der Waals surface area (Å²) in [7, 11) is 0. The highest BCUT2D eigenvalue weighted by atomic mass is 19.3. The van der Waals surface area contributed by atoms with Gasteiger partial charge in [0.15, 0.2) is 5.82 Å². The fourth-order valence-electron chi connectivity index (χ4n) is 5.08. The van der Waals surface area contributed by atoms with Gasteiger partial charge in [-0.3, -0.25) is 4.79 Å². The Balaban J connectivity index is 1.53. The smallest absolute Gasteiger partial charge is 0.387 e. The molecule has 1 aliphatic carbocycles. The first-order chi connectivity index (χ1) is 17.1. The standard InChI is InChI=1S/C25H20F3N5O3/c1-25(2,35)23-29-8-11(9-30-23)14-10-33-18(7-15(14)26)32-20-16-6-13(21(20)33)19-12(22(34)31-16)4-3-5-17(19)36-24(27)28/h3-5,7-10,13,16,24,35H,6H2,1-2H3,(H,31,34)/t13-,16-/m1/s1. The van der Waals surface area contributed by atoms with Crippen LogP contribution in [0.2, 0.25) is 0 Å². The molecule has 0 radical (unpaired) electrons. The van der Waals surface area contributed by atoms with Crippen LogP contribution in [0.1, 0.15) is 65.4 Å². The number of nitrogens with one attached hydrogen (secondary N) is 1. The first-order valence-electron chi connectivity index (χ1n) is 11.3. The van der Waals surface area contributed by atoms with Gasteiger partial charge < -0.3 is 19.6 Å². The van der Waals surface area contributed by atoms with E-state index >= 15 is 4.39 Å². The van der Waals surface area contributed by atoms with E-state index < -0.39 is 35.9 Å². The van der Waals surface area contributed by atoms with Gasteiger partial charge in [-0.2, -0.15) is 8.78 Å². The van der Waals surface area contributed by atoms with Crippen LogP contribution in [0.3, 0.4) is 0 Å². The molecule has 2 aliphatic rings. The van der Waals surface area contributed by atoms with E-state index in [4.69, 9.17) is 4.74 Å². The molecule has 2 bridgehead atoms. The van der Waals surface area contributed by atoms with Crippen molar-refractivity contribution in [3.8, 4) is 16.9 Å².